The Kier molecular flexibility index (Phi) is 4.74. The van der Waals surface area contributed by atoms with Crippen molar-refractivity contribution in [3.05, 3.63) is 34.2 Å². The van der Waals surface area contributed by atoms with Gasteiger partial charge < -0.3 is 15.4 Å². The first-order valence-electron chi connectivity index (χ1n) is 6.81. The SMILES string of the molecule is O=C(NC1CCCCCC1CO)c1cc[nH]c(=O)c1. The van der Waals surface area contributed by atoms with Crippen LogP contribution in [0.4, 0.5) is 0 Å². The van der Waals surface area contributed by atoms with E-state index in [0.717, 1.165) is 32.1 Å². The summed E-state index contributed by atoms with van der Waals surface area (Å²) in [5.74, 6) is -0.120. The molecule has 0 bridgehead atoms. The van der Waals surface area contributed by atoms with E-state index in [1.807, 2.05) is 0 Å². The number of aromatic nitrogens is 1. The molecule has 5 nitrogen and oxygen atoms in total. The first-order valence-corrected chi connectivity index (χ1v) is 6.81. The summed E-state index contributed by atoms with van der Waals surface area (Å²) in [6.07, 6.45) is 6.61. The molecule has 1 aliphatic carbocycles. The number of rotatable bonds is 3. The average Bonchev–Trinajstić information content (AvgIpc) is 2.63. The Balaban J connectivity index is 2.06. The van der Waals surface area contributed by atoms with Gasteiger partial charge in [0.2, 0.25) is 5.56 Å². The van der Waals surface area contributed by atoms with E-state index < -0.39 is 0 Å². The quantitative estimate of drug-likeness (QED) is 0.714. The number of H-pyrrole nitrogens is 1. The zero-order valence-electron chi connectivity index (χ0n) is 10.9. The molecule has 0 aliphatic heterocycles. The van der Waals surface area contributed by atoms with Crippen LogP contribution in [0.2, 0.25) is 0 Å². The molecule has 5 heteroatoms. The zero-order chi connectivity index (χ0) is 13.7. The number of nitrogens with one attached hydrogen (secondary N) is 2. The van der Waals surface area contributed by atoms with Crippen molar-refractivity contribution in [2.45, 2.75) is 38.1 Å². The molecule has 3 N–H and O–H groups in total. The molecule has 1 fully saturated rings. The third kappa shape index (κ3) is 3.67. The first-order chi connectivity index (χ1) is 9.20. The second kappa shape index (κ2) is 6.52. The van der Waals surface area contributed by atoms with Crippen LogP contribution in [0.1, 0.15) is 42.5 Å². The summed E-state index contributed by atoms with van der Waals surface area (Å²) < 4.78 is 0. The number of aliphatic hydroxyl groups is 1. The van der Waals surface area contributed by atoms with Gasteiger partial charge in [0.05, 0.1) is 0 Å². The highest BCUT2D eigenvalue weighted by molar-refractivity contribution is 5.94. The fraction of sp³-hybridized carbons (Fsp3) is 0.571. The monoisotopic (exact) mass is 264 g/mol. The van der Waals surface area contributed by atoms with Crippen LogP contribution >= 0.6 is 0 Å². The van der Waals surface area contributed by atoms with Crippen LogP contribution in [0.15, 0.2) is 23.1 Å². The number of amides is 1. The van der Waals surface area contributed by atoms with Crippen LogP contribution in [0, 0.1) is 5.92 Å². The van der Waals surface area contributed by atoms with E-state index in [2.05, 4.69) is 10.3 Å². The van der Waals surface area contributed by atoms with E-state index in [0.29, 0.717) is 5.56 Å². The number of hydrogen-bond acceptors (Lipinski definition) is 3. The molecule has 104 valence electrons. The van der Waals surface area contributed by atoms with Crippen LogP contribution in [-0.4, -0.2) is 28.6 Å². The minimum absolute atomic E-state index is 0.000659. The minimum Gasteiger partial charge on any atom is -0.396 e. The van der Waals surface area contributed by atoms with Crippen LogP contribution in [-0.2, 0) is 0 Å². The summed E-state index contributed by atoms with van der Waals surface area (Å²) >= 11 is 0. The lowest BCUT2D eigenvalue weighted by atomic mass is 9.95. The van der Waals surface area contributed by atoms with Crippen LogP contribution in [0.5, 0.6) is 0 Å². The maximum atomic E-state index is 12.1. The highest BCUT2D eigenvalue weighted by Crippen LogP contribution is 2.23. The molecule has 1 heterocycles. The van der Waals surface area contributed by atoms with E-state index in [9.17, 15) is 14.7 Å². The van der Waals surface area contributed by atoms with Gasteiger partial charge in [0.1, 0.15) is 0 Å². The van der Waals surface area contributed by atoms with Crippen molar-refractivity contribution in [3.63, 3.8) is 0 Å². The van der Waals surface area contributed by atoms with E-state index >= 15 is 0 Å². The summed E-state index contributed by atoms with van der Waals surface area (Å²) in [7, 11) is 0. The number of carbonyl (C=O) groups excluding carboxylic acids is 1. The Bertz CT molecular complexity index is 484. The van der Waals surface area contributed by atoms with Gasteiger partial charge in [-0.15, -0.1) is 0 Å². The number of hydrogen-bond donors (Lipinski definition) is 3. The molecule has 1 saturated carbocycles. The molecule has 1 aromatic heterocycles. The molecule has 1 aliphatic rings. The van der Waals surface area contributed by atoms with Crippen molar-refractivity contribution in [1.82, 2.24) is 10.3 Å². The van der Waals surface area contributed by atoms with Crippen molar-refractivity contribution >= 4 is 5.91 Å². The lowest BCUT2D eigenvalue weighted by Gasteiger charge is -2.24. The van der Waals surface area contributed by atoms with E-state index in [1.165, 1.54) is 12.3 Å². The molecule has 1 amide bonds. The van der Waals surface area contributed by atoms with Crippen molar-refractivity contribution in [1.29, 1.82) is 0 Å². The Hall–Kier alpha value is -1.62. The third-order valence-electron chi connectivity index (χ3n) is 3.75. The van der Waals surface area contributed by atoms with Crippen LogP contribution in [0.3, 0.4) is 0 Å². The molecule has 0 aromatic carbocycles. The molecule has 19 heavy (non-hydrogen) atoms. The largest absolute Gasteiger partial charge is 0.396 e. The zero-order valence-corrected chi connectivity index (χ0v) is 10.9. The predicted octanol–water partition coefficient (Wildman–Crippen LogP) is 1.05. The van der Waals surface area contributed by atoms with E-state index in [4.69, 9.17) is 0 Å². The lowest BCUT2D eigenvalue weighted by molar-refractivity contribution is 0.0899. The molecule has 2 unspecified atom stereocenters. The van der Waals surface area contributed by atoms with Crippen LogP contribution < -0.4 is 10.9 Å². The summed E-state index contributed by atoms with van der Waals surface area (Å²) in [5, 5.41) is 12.4. The average molecular weight is 264 g/mol. The highest BCUT2D eigenvalue weighted by Gasteiger charge is 2.24. The second-order valence-electron chi connectivity index (χ2n) is 5.10. The topological polar surface area (TPSA) is 82.2 Å². The van der Waals surface area contributed by atoms with Gasteiger partial charge in [-0.1, -0.05) is 19.3 Å². The number of carbonyl (C=O) groups is 1. The summed E-state index contributed by atoms with van der Waals surface area (Å²) in [6, 6.07) is 2.88. The maximum Gasteiger partial charge on any atom is 0.251 e. The summed E-state index contributed by atoms with van der Waals surface area (Å²) in [4.78, 5) is 25.8. The molecule has 2 atom stereocenters. The fourth-order valence-corrected chi connectivity index (χ4v) is 2.63. The number of aromatic amines is 1. The van der Waals surface area contributed by atoms with Crippen molar-refractivity contribution in [3.8, 4) is 0 Å². The molecular formula is C14H20N2O3. The lowest BCUT2D eigenvalue weighted by Crippen LogP contribution is -2.41. The molecule has 1 aromatic rings. The Labute approximate surface area is 112 Å². The fourth-order valence-electron chi connectivity index (χ4n) is 2.63. The molecule has 0 saturated heterocycles. The van der Waals surface area contributed by atoms with Gasteiger partial charge in [0.15, 0.2) is 0 Å². The van der Waals surface area contributed by atoms with Crippen molar-refractivity contribution in [2.75, 3.05) is 6.61 Å². The standard InChI is InChI=1S/C14H20N2O3/c17-9-11-4-2-1-3-5-12(11)16-14(19)10-6-7-15-13(18)8-10/h6-8,11-12,17H,1-5,9H2,(H,15,18)(H,16,19). The number of pyridine rings is 1. The molecule has 0 spiro atoms. The smallest absolute Gasteiger partial charge is 0.251 e. The second-order valence-corrected chi connectivity index (χ2v) is 5.10. The van der Waals surface area contributed by atoms with Gasteiger partial charge in [-0.3, -0.25) is 9.59 Å². The van der Waals surface area contributed by atoms with Gasteiger partial charge in [-0.05, 0) is 18.9 Å². The number of aliphatic hydroxyl groups excluding tert-OH is 1. The first kappa shape index (κ1) is 13.8. The Morgan fingerprint density at radius 3 is 2.89 bits per heavy atom. The highest BCUT2D eigenvalue weighted by atomic mass is 16.3. The van der Waals surface area contributed by atoms with Gasteiger partial charge in [-0.2, -0.15) is 0 Å². The van der Waals surface area contributed by atoms with Crippen molar-refractivity contribution < 1.29 is 9.90 Å². The van der Waals surface area contributed by atoms with Crippen molar-refractivity contribution in [2.24, 2.45) is 5.92 Å². The minimum atomic E-state index is -0.285. The molecule has 2 rings (SSSR count). The molecular weight excluding hydrogens is 244 g/mol. The maximum absolute atomic E-state index is 12.1. The summed E-state index contributed by atoms with van der Waals surface area (Å²) in [5.41, 5.74) is 0.0805. The summed E-state index contributed by atoms with van der Waals surface area (Å²) in [6.45, 7) is 0.0975. The van der Waals surface area contributed by atoms with E-state index in [1.54, 1.807) is 6.07 Å². The normalized spacial score (nSPS) is 23.6. The van der Waals surface area contributed by atoms with Gasteiger partial charge >= 0.3 is 0 Å². The Morgan fingerprint density at radius 2 is 2.16 bits per heavy atom. The Morgan fingerprint density at radius 1 is 1.37 bits per heavy atom. The molecule has 0 radical (unpaired) electrons. The van der Waals surface area contributed by atoms with Gasteiger partial charge in [0, 0.05) is 36.4 Å². The van der Waals surface area contributed by atoms with E-state index in [-0.39, 0.29) is 30.0 Å². The van der Waals surface area contributed by atoms with Crippen LogP contribution in [0.25, 0.3) is 0 Å². The van der Waals surface area contributed by atoms with Gasteiger partial charge in [-0.25, -0.2) is 0 Å². The predicted molar refractivity (Wildman–Crippen MR) is 72.0 cm³/mol. The van der Waals surface area contributed by atoms with Gasteiger partial charge in [0.25, 0.3) is 5.91 Å². The third-order valence-corrected chi connectivity index (χ3v) is 3.75.